The summed E-state index contributed by atoms with van der Waals surface area (Å²) in [6.07, 6.45) is -2.20. The maximum absolute atomic E-state index is 11.6. The molecule has 0 spiro atoms. The minimum atomic E-state index is -2.46. The van der Waals surface area contributed by atoms with Crippen molar-refractivity contribution in [1.82, 2.24) is 10.6 Å². The van der Waals surface area contributed by atoms with Gasteiger partial charge in [0.15, 0.2) is 0 Å². The van der Waals surface area contributed by atoms with Gasteiger partial charge in [-0.2, -0.15) is 5.26 Å². The Hall–Kier alpha value is -1.26. The molecule has 0 aliphatic carbocycles. The Bertz CT molecular complexity index is 231. The molecule has 2 N–H and O–H groups in total. The van der Waals surface area contributed by atoms with Crippen LogP contribution in [0.1, 0.15) is 6.42 Å². The van der Waals surface area contributed by atoms with Crippen LogP contribution in [-0.4, -0.2) is 45.2 Å². The minimum Gasteiger partial charge on any atom is -0.374 e. The van der Waals surface area contributed by atoms with Crippen LogP contribution in [0.2, 0.25) is 0 Å². The molecule has 0 saturated heterocycles. The highest BCUT2D eigenvalue weighted by atomic mass is 19.3. The van der Waals surface area contributed by atoms with Crippen molar-refractivity contribution in [2.24, 2.45) is 0 Å². The first-order valence-electron chi connectivity index (χ1n) is 4.87. The third-order valence-electron chi connectivity index (χ3n) is 1.51. The van der Waals surface area contributed by atoms with Crippen LogP contribution in [0.3, 0.4) is 0 Å². The Balaban J connectivity index is 3.19. The Labute approximate surface area is 92.8 Å². The zero-order valence-corrected chi connectivity index (χ0v) is 8.84. The molecule has 0 aromatic rings. The maximum Gasteiger partial charge on any atom is 0.261 e. The van der Waals surface area contributed by atoms with Crippen LogP contribution in [0, 0.1) is 11.3 Å². The van der Waals surface area contributed by atoms with Crippen molar-refractivity contribution in [3.8, 4) is 6.07 Å². The highest BCUT2D eigenvalue weighted by molar-refractivity contribution is 5.77. The van der Waals surface area contributed by atoms with Crippen molar-refractivity contribution >= 4 is 5.91 Å². The number of alkyl halides is 2. The van der Waals surface area contributed by atoms with Crippen LogP contribution in [-0.2, 0) is 9.53 Å². The second-order valence-corrected chi connectivity index (χ2v) is 2.90. The van der Waals surface area contributed by atoms with Crippen LogP contribution in [0.25, 0.3) is 0 Å². The first-order chi connectivity index (χ1) is 7.66. The monoisotopic (exact) mass is 235 g/mol. The van der Waals surface area contributed by atoms with Gasteiger partial charge in [-0.3, -0.25) is 4.79 Å². The molecule has 0 fully saturated rings. The van der Waals surface area contributed by atoms with Gasteiger partial charge in [0.2, 0.25) is 5.91 Å². The Morgan fingerprint density at radius 2 is 2.19 bits per heavy atom. The van der Waals surface area contributed by atoms with Gasteiger partial charge in [0.25, 0.3) is 6.43 Å². The van der Waals surface area contributed by atoms with Crippen LogP contribution in [0.15, 0.2) is 0 Å². The molecule has 0 radical (unpaired) electrons. The smallest absolute Gasteiger partial charge is 0.261 e. The largest absolute Gasteiger partial charge is 0.374 e. The molecule has 0 aliphatic heterocycles. The summed E-state index contributed by atoms with van der Waals surface area (Å²) >= 11 is 0. The lowest BCUT2D eigenvalue weighted by Crippen LogP contribution is -2.35. The van der Waals surface area contributed by atoms with E-state index in [-0.39, 0.29) is 25.5 Å². The molecule has 0 aliphatic rings. The number of amides is 1. The van der Waals surface area contributed by atoms with E-state index in [4.69, 9.17) is 5.26 Å². The molecule has 92 valence electrons. The van der Waals surface area contributed by atoms with Crippen LogP contribution < -0.4 is 10.6 Å². The lowest BCUT2D eigenvalue weighted by molar-refractivity contribution is -0.120. The van der Waals surface area contributed by atoms with Gasteiger partial charge in [0.05, 0.1) is 25.6 Å². The number of carbonyl (C=O) groups is 1. The summed E-state index contributed by atoms with van der Waals surface area (Å²) in [6, 6.07) is 1.89. The van der Waals surface area contributed by atoms with Crippen molar-refractivity contribution in [3.63, 3.8) is 0 Å². The number of carbonyl (C=O) groups excluding carboxylic acids is 1. The van der Waals surface area contributed by atoms with E-state index >= 15 is 0 Å². The molecule has 5 nitrogen and oxygen atoms in total. The summed E-state index contributed by atoms with van der Waals surface area (Å²) in [4.78, 5) is 11.0. The highest BCUT2D eigenvalue weighted by Crippen LogP contribution is 1.90. The second kappa shape index (κ2) is 10.3. The summed E-state index contributed by atoms with van der Waals surface area (Å²) in [6.45, 7) is 0.284. The molecule has 16 heavy (non-hydrogen) atoms. The summed E-state index contributed by atoms with van der Waals surface area (Å²) in [5.41, 5.74) is 0. The number of ether oxygens (including phenoxy) is 1. The molecule has 0 heterocycles. The van der Waals surface area contributed by atoms with Gasteiger partial charge in [0, 0.05) is 13.1 Å². The molecule has 0 bridgehead atoms. The van der Waals surface area contributed by atoms with E-state index in [1.165, 1.54) is 0 Å². The van der Waals surface area contributed by atoms with Gasteiger partial charge in [-0.15, -0.1) is 0 Å². The first kappa shape index (κ1) is 14.7. The van der Waals surface area contributed by atoms with E-state index in [9.17, 15) is 13.6 Å². The fraction of sp³-hybridized carbons (Fsp3) is 0.778. The summed E-state index contributed by atoms with van der Waals surface area (Å²) in [5, 5.41) is 13.4. The highest BCUT2D eigenvalue weighted by Gasteiger charge is 2.02. The van der Waals surface area contributed by atoms with Gasteiger partial charge in [0.1, 0.15) is 6.61 Å². The predicted molar refractivity (Wildman–Crippen MR) is 52.9 cm³/mol. The third-order valence-corrected chi connectivity index (χ3v) is 1.51. The Morgan fingerprint density at radius 1 is 1.44 bits per heavy atom. The van der Waals surface area contributed by atoms with Crippen molar-refractivity contribution < 1.29 is 18.3 Å². The average Bonchev–Trinajstić information content (AvgIpc) is 2.23. The van der Waals surface area contributed by atoms with Gasteiger partial charge in [-0.1, -0.05) is 0 Å². The molecule has 7 heteroatoms. The van der Waals surface area contributed by atoms with Gasteiger partial charge in [-0.25, -0.2) is 8.78 Å². The SMILES string of the molecule is N#CCCNC(=O)CNCCOCC(F)F. The molecular weight excluding hydrogens is 220 g/mol. The molecule has 0 unspecified atom stereocenters. The fourth-order valence-electron chi connectivity index (χ4n) is 0.839. The molecule has 0 saturated carbocycles. The molecule has 0 aromatic heterocycles. The summed E-state index contributed by atoms with van der Waals surface area (Å²) in [7, 11) is 0. The van der Waals surface area contributed by atoms with Crippen molar-refractivity contribution in [3.05, 3.63) is 0 Å². The molecule has 0 atom stereocenters. The summed E-state index contributed by atoms with van der Waals surface area (Å²) < 4.78 is 27.8. The van der Waals surface area contributed by atoms with E-state index in [1.54, 1.807) is 0 Å². The van der Waals surface area contributed by atoms with Gasteiger partial charge < -0.3 is 15.4 Å². The normalized spacial score (nSPS) is 10.1. The molecule has 0 aromatic carbocycles. The second-order valence-electron chi connectivity index (χ2n) is 2.90. The predicted octanol–water partition coefficient (Wildman–Crippen LogP) is -0.112. The number of hydrogen-bond donors (Lipinski definition) is 2. The number of nitrogens with one attached hydrogen (secondary N) is 2. The van der Waals surface area contributed by atoms with E-state index < -0.39 is 13.0 Å². The quantitative estimate of drug-likeness (QED) is 0.547. The number of rotatable bonds is 9. The number of halogens is 2. The zero-order valence-electron chi connectivity index (χ0n) is 8.84. The zero-order chi connectivity index (χ0) is 12.2. The topological polar surface area (TPSA) is 74.2 Å². The lowest BCUT2D eigenvalue weighted by Gasteiger charge is -2.06. The Morgan fingerprint density at radius 3 is 2.81 bits per heavy atom. The van der Waals surface area contributed by atoms with Crippen LogP contribution >= 0.6 is 0 Å². The number of nitriles is 1. The van der Waals surface area contributed by atoms with E-state index in [0.29, 0.717) is 13.1 Å². The van der Waals surface area contributed by atoms with E-state index in [2.05, 4.69) is 15.4 Å². The standard InChI is InChI=1S/C9H15F2N3O2/c10-8(11)7-16-5-4-13-6-9(15)14-3-1-2-12/h8,13H,1,3-7H2,(H,14,15). The van der Waals surface area contributed by atoms with Crippen molar-refractivity contribution in [2.75, 3.05) is 32.8 Å². The molecular formula is C9H15F2N3O2. The Kier molecular flexibility index (Phi) is 9.46. The fourth-order valence-corrected chi connectivity index (χ4v) is 0.839. The third kappa shape index (κ3) is 10.8. The van der Waals surface area contributed by atoms with E-state index in [1.807, 2.05) is 6.07 Å². The van der Waals surface area contributed by atoms with Crippen molar-refractivity contribution in [1.29, 1.82) is 5.26 Å². The number of nitrogens with zero attached hydrogens (tertiary/aromatic N) is 1. The van der Waals surface area contributed by atoms with E-state index in [0.717, 1.165) is 0 Å². The van der Waals surface area contributed by atoms with Crippen LogP contribution in [0.4, 0.5) is 8.78 Å². The first-order valence-corrected chi connectivity index (χ1v) is 4.87. The van der Waals surface area contributed by atoms with Gasteiger partial charge in [-0.05, 0) is 0 Å². The van der Waals surface area contributed by atoms with Crippen LogP contribution in [0.5, 0.6) is 0 Å². The average molecular weight is 235 g/mol. The van der Waals surface area contributed by atoms with Gasteiger partial charge >= 0.3 is 0 Å². The summed E-state index contributed by atoms with van der Waals surface area (Å²) in [5.74, 6) is -0.232. The van der Waals surface area contributed by atoms with Crippen molar-refractivity contribution in [2.45, 2.75) is 12.8 Å². The maximum atomic E-state index is 11.6. The number of hydrogen-bond acceptors (Lipinski definition) is 4. The lowest BCUT2D eigenvalue weighted by atomic mass is 10.4. The molecule has 0 rings (SSSR count). The molecule has 1 amide bonds. The minimum absolute atomic E-state index is 0.0868.